The summed E-state index contributed by atoms with van der Waals surface area (Å²) in [5, 5.41) is 0.692. The summed E-state index contributed by atoms with van der Waals surface area (Å²) in [4.78, 5) is 0. The lowest BCUT2D eigenvalue weighted by molar-refractivity contribution is 0.820. The van der Waals surface area contributed by atoms with Crippen LogP contribution in [0.5, 0.6) is 0 Å². The highest BCUT2D eigenvalue weighted by molar-refractivity contribution is 6.31. The molecule has 0 amide bonds. The molecule has 1 rings (SSSR count). The Balaban J connectivity index is 3.23. The van der Waals surface area contributed by atoms with Crippen LogP contribution in [0.2, 0.25) is 5.02 Å². The minimum atomic E-state index is -0.0408. The third-order valence-corrected chi connectivity index (χ3v) is 2.26. The molecule has 2 nitrogen and oxygen atoms in total. The normalized spacial score (nSPS) is 13.0. The van der Waals surface area contributed by atoms with Crippen LogP contribution in [0, 0.1) is 6.92 Å². The molecular formula is C9H13ClN2. The second-order valence-corrected chi connectivity index (χ2v) is 3.43. The van der Waals surface area contributed by atoms with Gasteiger partial charge in [-0.25, -0.2) is 0 Å². The fourth-order valence-corrected chi connectivity index (χ4v) is 1.29. The molecule has 0 aliphatic heterocycles. The largest absolute Gasteiger partial charge is 0.398 e. The van der Waals surface area contributed by atoms with E-state index < -0.39 is 0 Å². The van der Waals surface area contributed by atoms with Gasteiger partial charge in [0.05, 0.1) is 0 Å². The van der Waals surface area contributed by atoms with Crippen LogP contribution in [0.3, 0.4) is 0 Å². The lowest BCUT2D eigenvalue weighted by atomic mass is 10.0. The van der Waals surface area contributed by atoms with Crippen LogP contribution in [0.4, 0.5) is 5.69 Å². The first-order valence-electron chi connectivity index (χ1n) is 3.83. The van der Waals surface area contributed by atoms with E-state index >= 15 is 0 Å². The molecule has 0 bridgehead atoms. The molecule has 3 heteroatoms. The van der Waals surface area contributed by atoms with E-state index in [9.17, 15) is 0 Å². The minimum Gasteiger partial charge on any atom is -0.398 e. The summed E-state index contributed by atoms with van der Waals surface area (Å²) in [5.74, 6) is 0. The maximum atomic E-state index is 5.87. The number of aryl methyl sites for hydroxylation is 1. The lowest BCUT2D eigenvalue weighted by Gasteiger charge is -2.11. The van der Waals surface area contributed by atoms with Crippen molar-refractivity contribution in [3.63, 3.8) is 0 Å². The van der Waals surface area contributed by atoms with Crippen LogP contribution >= 0.6 is 11.6 Å². The Hall–Kier alpha value is -0.730. The van der Waals surface area contributed by atoms with Gasteiger partial charge in [0.25, 0.3) is 0 Å². The number of halogens is 1. The number of hydrogen-bond donors (Lipinski definition) is 2. The van der Waals surface area contributed by atoms with E-state index in [1.807, 2.05) is 19.9 Å². The van der Waals surface area contributed by atoms with Gasteiger partial charge in [-0.15, -0.1) is 0 Å². The van der Waals surface area contributed by atoms with Crippen LogP contribution in [0.15, 0.2) is 12.1 Å². The molecule has 0 spiro atoms. The fraction of sp³-hybridized carbons (Fsp3) is 0.333. The maximum Gasteiger partial charge on any atom is 0.0455 e. The van der Waals surface area contributed by atoms with Gasteiger partial charge in [0.1, 0.15) is 0 Å². The summed E-state index contributed by atoms with van der Waals surface area (Å²) in [6.45, 7) is 3.84. The number of hydrogen-bond acceptors (Lipinski definition) is 2. The molecule has 0 aliphatic rings. The van der Waals surface area contributed by atoms with E-state index in [4.69, 9.17) is 23.1 Å². The average Bonchev–Trinajstić information content (AvgIpc) is 1.96. The van der Waals surface area contributed by atoms with E-state index in [0.29, 0.717) is 10.7 Å². The molecule has 0 heterocycles. The third kappa shape index (κ3) is 1.71. The van der Waals surface area contributed by atoms with Crippen molar-refractivity contribution in [3.05, 3.63) is 28.3 Å². The summed E-state index contributed by atoms with van der Waals surface area (Å²) in [5.41, 5.74) is 14.1. The first kappa shape index (κ1) is 9.36. The molecule has 0 saturated carbocycles. The molecule has 1 atom stereocenters. The highest BCUT2D eigenvalue weighted by Crippen LogP contribution is 2.25. The number of anilines is 1. The van der Waals surface area contributed by atoms with E-state index in [2.05, 4.69) is 0 Å². The molecule has 1 aromatic rings. The zero-order chi connectivity index (χ0) is 9.30. The van der Waals surface area contributed by atoms with Crippen LogP contribution < -0.4 is 11.5 Å². The smallest absolute Gasteiger partial charge is 0.0455 e. The highest BCUT2D eigenvalue weighted by Gasteiger charge is 2.06. The molecule has 0 aliphatic carbocycles. The summed E-state index contributed by atoms with van der Waals surface area (Å²) in [6, 6.07) is 3.64. The van der Waals surface area contributed by atoms with Crippen molar-refractivity contribution in [3.8, 4) is 0 Å². The third-order valence-electron chi connectivity index (χ3n) is 1.85. The van der Waals surface area contributed by atoms with Gasteiger partial charge in [0.15, 0.2) is 0 Å². The highest BCUT2D eigenvalue weighted by atomic mass is 35.5. The van der Waals surface area contributed by atoms with E-state index in [-0.39, 0.29) is 6.04 Å². The van der Waals surface area contributed by atoms with Crippen molar-refractivity contribution in [2.75, 3.05) is 5.73 Å². The summed E-state index contributed by atoms with van der Waals surface area (Å²) >= 11 is 5.87. The van der Waals surface area contributed by atoms with Crippen molar-refractivity contribution in [2.24, 2.45) is 5.73 Å². The first-order valence-corrected chi connectivity index (χ1v) is 4.21. The van der Waals surface area contributed by atoms with Gasteiger partial charge in [-0.1, -0.05) is 17.7 Å². The summed E-state index contributed by atoms with van der Waals surface area (Å²) in [7, 11) is 0. The molecular weight excluding hydrogens is 172 g/mol. The molecule has 0 saturated heterocycles. The van der Waals surface area contributed by atoms with Gasteiger partial charge >= 0.3 is 0 Å². The van der Waals surface area contributed by atoms with Gasteiger partial charge in [-0.3, -0.25) is 0 Å². The van der Waals surface area contributed by atoms with Crippen LogP contribution in [-0.4, -0.2) is 0 Å². The molecule has 66 valence electrons. The number of nitrogen functional groups attached to an aromatic ring is 1. The number of benzene rings is 1. The van der Waals surface area contributed by atoms with E-state index in [1.54, 1.807) is 6.07 Å². The molecule has 1 aromatic carbocycles. The Bertz CT molecular complexity index is 295. The zero-order valence-corrected chi connectivity index (χ0v) is 8.02. The molecule has 12 heavy (non-hydrogen) atoms. The summed E-state index contributed by atoms with van der Waals surface area (Å²) < 4.78 is 0. The van der Waals surface area contributed by atoms with Crippen molar-refractivity contribution < 1.29 is 0 Å². The second kappa shape index (κ2) is 3.33. The maximum absolute atomic E-state index is 5.87. The predicted octanol–water partition coefficient (Wildman–Crippen LogP) is 2.25. The molecule has 4 N–H and O–H groups in total. The summed E-state index contributed by atoms with van der Waals surface area (Å²) in [6.07, 6.45) is 0. The standard InChI is InChI=1S/C9H13ClN2/c1-5-3-7(6(2)11)9(12)4-8(5)10/h3-4,6H,11-12H2,1-2H3. The lowest BCUT2D eigenvalue weighted by Crippen LogP contribution is -2.08. The van der Waals surface area contributed by atoms with E-state index in [1.165, 1.54) is 0 Å². The first-order chi connectivity index (χ1) is 5.52. The molecule has 0 fully saturated rings. The molecule has 1 unspecified atom stereocenters. The Morgan fingerprint density at radius 1 is 1.42 bits per heavy atom. The monoisotopic (exact) mass is 184 g/mol. The predicted molar refractivity (Wildman–Crippen MR) is 53.2 cm³/mol. The second-order valence-electron chi connectivity index (χ2n) is 3.02. The average molecular weight is 185 g/mol. The van der Waals surface area contributed by atoms with Gasteiger partial charge < -0.3 is 11.5 Å². The Kier molecular flexibility index (Phi) is 2.60. The van der Waals surface area contributed by atoms with Crippen LogP contribution in [0.25, 0.3) is 0 Å². The Labute approximate surface area is 77.5 Å². The van der Waals surface area contributed by atoms with E-state index in [0.717, 1.165) is 11.1 Å². The molecule has 0 radical (unpaired) electrons. The fourth-order valence-electron chi connectivity index (χ4n) is 1.11. The minimum absolute atomic E-state index is 0.0408. The van der Waals surface area contributed by atoms with Gasteiger partial charge in [-0.2, -0.15) is 0 Å². The Morgan fingerprint density at radius 3 is 2.50 bits per heavy atom. The number of rotatable bonds is 1. The topological polar surface area (TPSA) is 52.0 Å². The van der Waals surface area contributed by atoms with Crippen LogP contribution in [-0.2, 0) is 0 Å². The molecule has 0 aromatic heterocycles. The van der Waals surface area contributed by atoms with Crippen molar-refractivity contribution >= 4 is 17.3 Å². The van der Waals surface area contributed by atoms with Crippen molar-refractivity contribution in [1.29, 1.82) is 0 Å². The Morgan fingerprint density at radius 2 is 2.00 bits per heavy atom. The van der Waals surface area contributed by atoms with Gasteiger partial charge in [0.2, 0.25) is 0 Å². The quantitative estimate of drug-likeness (QED) is 0.658. The van der Waals surface area contributed by atoms with Crippen LogP contribution in [0.1, 0.15) is 24.1 Å². The van der Waals surface area contributed by atoms with Gasteiger partial charge in [0, 0.05) is 16.8 Å². The zero-order valence-electron chi connectivity index (χ0n) is 7.26. The SMILES string of the molecule is Cc1cc(C(C)N)c(N)cc1Cl. The van der Waals surface area contributed by atoms with Crippen molar-refractivity contribution in [1.82, 2.24) is 0 Å². The van der Waals surface area contributed by atoms with Gasteiger partial charge in [-0.05, 0) is 31.0 Å². The number of nitrogens with two attached hydrogens (primary N) is 2. The van der Waals surface area contributed by atoms with Crippen molar-refractivity contribution in [2.45, 2.75) is 19.9 Å².